The molecule has 3 rings (SSSR count). The lowest BCUT2D eigenvalue weighted by molar-refractivity contribution is 0.101. The maximum Gasteiger partial charge on any atom is 0.263 e. The Morgan fingerprint density at radius 2 is 1.74 bits per heavy atom. The number of amides is 1. The summed E-state index contributed by atoms with van der Waals surface area (Å²) in [5, 5.41) is 2.62. The van der Waals surface area contributed by atoms with Crippen LogP contribution < -0.4 is 10.9 Å². The van der Waals surface area contributed by atoms with Crippen LogP contribution in [0, 0.1) is 5.82 Å². The number of carbonyl (C=O) groups excluding carboxylic acids is 2. The van der Waals surface area contributed by atoms with E-state index in [-0.39, 0.29) is 17.9 Å². The van der Waals surface area contributed by atoms with Crippen LogP contribution in [0.1, 0.15) is 33.2 Å². The van der Waals surface area contributed by atoms with Gasteiger partial charge in [-0.15, -0.1) is 0 Å². The number of nitrogens with zero attached hydrogens (tertiary/aromatic N) is 1. The Morgan fingerprint density at radius 1 is 1.00 bits per heavy atom. The zero-order valence-corrected chi connectivity index (χ0v) is 14.6. The molecule has 136 valence electrons. The molecule has 6 heteroatoms. The second-order valence-corrected chi connectivity index (χ2v) is 6.04. The minimum atomic E-state index is -0.609. The first-order chi connectivity index (χ1) is 13.0. The lowest BCUT2D eigenvalue weighted by Crippen LogP contribution is -2.29. The monoisotopic (exact) mass is 364 g/mol. The maximum absolute atomic E-state index is 13.3. The summed E-state index contributed by atoms with van der Waals surface area (Å²) in [6.07, 6.45) is 1.54. The number of benzene rings is 2. The second kappa shape index (κ2) is 7.78. The largest absolute Gasteiger partial charge is 0.321 e. The number of ketones is 1. The van der Waals surface area contributed by atoms with Gasteiger partial charge in [0.1, 0.15) is 11.4 Å². The maximum atomic E-state index is 13.3. The smallest absolute Gasteiger partial charge is 0.263 e. The van der Waals surface area contributed by atoms with Crippen LogP contribution in [0.4, 0.5) is 10.1 Å². The van der Waals surface area contributed by atoms with Gasteiger partial charge in [0.05, 0.1) is 12.2 Å². The van der Waals surface area contributed by atoms with Crippen LogP contribution in [-0.4, -0.2) is 16.3 Å². The van der Waals surface area contributed by atoms with Gasteiger partial charge in [-0.05, 0) is 48.9 Å². The summed E-state index contributed by atoms with van der Waals surface area (Å²) in [6.45, 7) is 1.54. The predicted octanol–water partition coefficient (Wildman–Crippen LogP) is 3.49. The summed E-state index contributed by atoms with van der Waals surface area (Å²) in [6, 6.07) is 15.5. The summed E-state index contributed by atoms with van der Waals surface area (Å²) in [5.74, 6) is -1.19. The number of Topliss-reactive ketones (excluding diaryl/α,β-unsaturated/α-hetero) is 1. The minimum Gasteiger partial charge on any atom is -0.321 e. The Labute approximate surface area is 155 Å². The summed E-state index contributed by atoms with van der Waals surface area (Å²) < 4.78 is 14.7. The van der Waals surface area contributed by atoms with E-state index in [9.17, 15) is 18.8 Å². The van der Waals surface area contributed by atoms with Gasteiger partial charge in [0.2, 0.25) is 0 Å². The predicted molar refractivity (Wildman–Crippen MR) is 101 cm³/mol. The van der Waals surface area contributed by atoms with Crippen molar-refractivity contribution in [2.45, 2.75) is 13.5 Å². The SMILES string of the molecule is CC(=O)c1ccccc1NC(=O)c1cccn(Cc2cccc(F)c2)c1=O. The van der Waals surface area contributed by atoms with Crippen LogP contribution in [0.15, 0.2) is 71.7 Å². The zero-order chi connectivity index (χ0) is 19.4. The van der Waals surface area contributed by atoms with E-state index in [0.717, 1.165) is 0 Å². The van der Waals surface area contributed by atoms with E-state index in [0.29, 0.717) is 16.8 Å². The molecule has 0 unspecified atom stereocenters. The lowest BCUT2D eigenvalue weighted by atomic mass is 10.1. The molecule has 1 N–H and O–H groups in total. The van der Waals surface area contributed by atoms with Gasteiger partial charge in [0.15, 0.2) is 5.78 Å². The average Bonchev–Trinajstić information content (AvgIpc) is 2.63. The molecule has 5 nitrogen and oxygen atoms in total. The van der Waals surface area contributed by atoms with E-state index in [2.05, 4.69) is 5.32 Å². The number of anilines is 1. The molecule has 27 heavy (non-hydrogen) atoms. The van der Waals surface area contributed by atoms with Crippen molar-refractivity contribution in [3.8, 4) is 0 Å². The Bertz CT molecular complexity index is 1070. The van der Waals surface area contributed by atoms with Crippen molar-refractivity contribution in [1.29, 1.82) is 0 Å². The zero-order valence-electron chi connectivity index (χ0n) is 14.6. The molecule has 2 aromatic carbocycles. The van der Waals surface area contributed by atoms with Crippen LogP contribution >= 0.6 is 0 Å². The van der Waals surface area contributed by atoms with E-state index in [1.54, 1.807) is 42.5 Å². The fourth-order valence-corrected chi connectivity index (χ4v) is 2.75. The first-order valence-electron chi connectivity index (χ1n) is 8.31. The van der Waals surface area contributed by atoms with Crippen molar-refractivity contribution in [2.24, 2.45) is 0 Å². The number of hydrogen-bond donors (Lipinski definition) is 1. The van der Waals surface area contributed by atoms with Gasteiger partial charge in [0.25, 0.3) is 11.5 Å². The van der Waals surface area contributed by atoms with Crippen molar-refractivity contribution >= 4 is 17.4 Å². The number of hydrogen-bond acceptors (Lipinski definition) is 3. The molecule has 0 radical (unpaired) electrons. The van der Waals surface area contributed by atoms with Gasteiger partial charge >= 0.3 is 0 Å². The molecule has 0 fully saturated rings. The summed E-state index contributed by atoms with van der Waals surface area (Å²) in [5.41, 5.74) is 0.750. The average molecular weight is 364 g/mol. The van der Waals surface area contributed by atoms with E-state index in [4.69, 9.17) is 0 Å². The number of rotatable bonds is 5. The quantitative estimate of drug-likeness (QED) is 0.705. The first kappa shape index (κ1) is 18.3. The highest BCUT2D eigenvalue weighted by atomic mass is 19.1. The Kier molecular flexibility index (Phi) is 5.26. The lowest BCUT2D eigenvalue weighted by Gasteiger charge is -2.11. The van der Waals surface area contributed by atoms with Crippen LogP contribution in [-0.2, 0) is 6.54 Å². The van der Waals surface area contributed by atoms with Crippen molar-refractivity contribution in [3.05, 3.63) is 99.7 Å². The van der Waals surface area contributed by atoms with Gasteiger partial charge in [0, 0.05) is 11.8 Å². The molecular formula is C21H17FN2O3. The van der Waals surface area contributed by atoms with Crippen LogP contribution in [0.25, 0.3) is 0 Å². The molecule has 0 aliphatic carbocycles. The van der Waals surface area contributed by atoms with Crippen molar-refractivity contribution in [1.82, 2.24) is 4.57 Å². The first-order valence-corrected chi connectivity index (χ1v) is 8.31. The van der Waals surface area contributed by atoms with Crippen LogP contribution in [0.2, 0.25) is 0 Å². The third-order valence-electron chi connectivity index (χ3n) is 4.06. The van der Waals surface area contributed by atoms with Gasteiger partial charge < -0.3 is 9.88 Å². The fraction of sp³-hybridized carbons (Fsp3) is 0.0952. The number of halogens is 1. The van der Waals surface area contributed by atoms with Crippen molar-refractivity contribution in [2.75, 3.05) is 5.32 Å². The van der Waals surface area contributed by atoms with Gasteiger partial charge in [-0.3, -0.25) is 14.4 Å². The molecule has 0 spiro atoms. The Balaban J connectivity index is 1.88. The Hall–Kier alpha value is -3.54. The normalized spacial score (nSPS) is 10.4. The molecule has 0 atom stereocenters. The molecule has 1 aromatic heterocycles. The highest BCUT2D eigenvalue weighted by Gasteiger charge is 2.15. The summed E-state index contributed by atoms with van der Waals surface area (Å²) in [7, 11) is 0. The molecule has 0 saturated heterocycles. The fourth-order valence-electron chi connectivity index (χ4n) is 2.75. The number of para-hydroxylation sites is 1. The van der Waals surface area contributed by atoms with E-state index in [1.807, 2.05) is 0 Å². The molecule has 0 saturated carbocycles. The van der Waals surface area contributed by atoms with Crippen LogP contribution in [0.3, 0.4) is 0 Å². The third-order valence-corrected chi connectivity index (χ3v) is 4.06. The molecular weight excluding hydrogens is 347 g/mol. The molecule has 1 amide bonds. The molecule has 0 aliphatic rings. The van der Waals surface area contributed by atoms with E-state index in [1.165, 1.54) is 35.9 Å². The topological polar surface area (TPSA) is 68.2 Å². The Morgan fingerprint density at radius 3 is 2.48 bits per heavy atom. The number of pyridine rings is 1. The highest BCUT2D eigenvalue weighted by molar-refractivity contribution is 6.08. The van der Waals surface area contributed by atoms with Crippen molar-refractivity contribution < 1.29 is 14.0 Å². The molecule has 3 aromatic rings. The standard InChI is InChI=1S/C21H17FN2O3/c1-14(25)17-8-2-3-10-19(17)23-20(26)18-9-5-11-24(21(18)27)13-15-6-4-7-16(22)12-15/h2-12H,13H2,1H3,(H,23,26). The number of nitrogens with one attached hydrogen (secondary N) is 1. The van der Waals surface area contributed by atoms with Crippen LogP contribution in [0.5, 0.6) is 0 Å². The van der Waals surface area contributed by atoms with E-state index < -0.39 is 17.3 Å². The molecule has 1 heterocycles. The highest BCUT2D eigenvalue weighted by Crippen LogP contribution is 2.16. The summed E-state index contributed by atoms with van der Waals surface area (Å²) >= 11 is 0. The third kappa shape index (κ3) is 4.17. The van der Waals surface area contributed by atoms with E-state index >= 15 is 0 Å². The summed E-state index contributed by atoms with van der Waals surface area (Å²) in [4.78, 5) is 36.9. The number of aromatic nitrogens is 1. The second-order valence-electron chi connectivity index (χ2n) is 6.04. The van der Waals surface area contributed by atoms with Gasteiger partial charge in [-0.1, -0.05) is 24.3 Å². The molecule has 0 aliphatic heterocycles. The van der Waals surface area contributed by atoms with Crippen molar-refractivity contribution in [3.63, 3.8) is 0 Å². The molecule has 0 bridgehead atoms. The number of carbonyl (C=O) groups is 2. The van der Waals surface area contributed by atoms with Gasteiger partial charge in [-0.25, -0.2) is 4.39 Å². The minimum absolute atomic E-state index is 0.0627. The van der Waals surface area contributed by atoms with Gasteiger partial charge in [-0.2, -0.15) is 0 Å².